The van der Waals surface area contributed by atoms with Gasteiger partial charge in [0.15, 0.2) is 0 Å². The molecule has 0 aliphatic rings. The summed E-state index contributed by atoms with van der Waals surface area (Å²) >= 11 is 3.10. The second-order valence-corrected chi connectivity index (χ2v) is 13.7. The Kier molecular flexibility index (Phi) is 5.39. The normalized spacial score (nSPS) is 13.2. The monoisotopic (exact) mass is 440 g/mol. The molecule has 2 aromatic heterocycles. The average molecular weight is 442 g/mol. The van der Waals surface area contributed by atoms with Crippen LogP contribution in [0.4, 0.5) is 0 Å². The van der Waals surface area contributed by atoms with Crippen molar-refractivity contribution in [1.82, 2.24) is 14.1 Å². The Hall–Kier alpha value is -0.108. The SMILES string of the molecule is CC(C)n1ccn(C(C)C)[c]1=[Pd-3]([Cl])([Cl])[c]1ncccc1Cl. The van der Waals surface area contributed by atoms with Crippen LogP contribution in [0, 0.1) is 3.89 Å². The van der Waals surface area contributed by atoms with Gasteiger partial charge in [0.05, 0.1) is 0 Å². The molecule has 2 rings (SSSR count). The molecule has 0 aliphatic heterocycles. The first kappa shape index (κ1) is 17.2. The summed E-state index contributed by atoms with van der Waals surface area (Å²) in [6, 6.07) is 4.08. The van der Waals surface area contributed by atoms with Crippen LogP contribution in [0.3, 0.4) is 0 Å². The summed E-state index contributed by atoms with van der Waals surface area (Å²) in [4.78, 5) is 4.35. The molecule has 124 valence electrons. The predicted molar refractivity (Wildman–Crippen MR) is 87.0 cm³/mol. The summed E-state index contributed by atoms with van der Waals surface area (Å²) in [6.45, 7) is 8.42. The van der Waals surface area contributed by atoms with Crippen molar-refractivity contribution in [3.05, 3.63) is 39.6 Å². The van der Waals surface area contributed by atoms with Crippen molar-refractivity contribution in [2.24, 2.45) is 0 Å². The summed E-state index contributed by atoms with van der Waals surface area (Å²) in [7, 11) is 13.7. The van der Waals surface area contributed by atoms with Crippen LogP contribution >= 0.6 is 30.7 Å². The zero-order chi connectivity index (χ0) is 15.8. The minimum atomic E-state index is -3.17. The number of pyridine rings is 1. The van der Waals surface area contributed by atoms with E-state index in [1.165, 1.54) is 0 Å². The molecule has 7 heteroatoms. The first-order chi connectivity index (χ1) is 9.76. The number of halogens is 3. The van der Waals surface area contributed by atoms with E-state index < -0.39 is 13.0 Å². The number of aromatic nitrogens is 3. The molecule has 0 amide bonds. The van der Waals surface area contributed by atoms with E-state index in [0.29, 0.717) is 9.19 Å². The average Bonchev–Trinajstić information content (AvgIpc) is 2.84. The van der Waals surface area contributed by atoms with E-state index in [9.17, 15) is 0 Å². The van der Waals surface area contributed by atoms with Crippen LogP contribution in [0.25, 0.3) is 0 Å². The fourth-order valence-electron chi connectivity index (χ4n) is 1.90. The topological polar surface area (TPSA) is 22.8 Å². The van der Waals surface area contributed by atoms with Gasteiger partial charge in [-0.2, -0.15) is 0 Å². The van der Waals surface area contributed by atoms with Crippen molar-refractivity contribution in [3.63, 3.8) is 0 Å². The van der Waals surface area contributed by atoms with Gasteiger partial charge in [-0.25, -0.2) is 0 Å². The molecule has 3 nitrogen and oxygen atoms in total. The summed E-state index contributed by atoms with van der Waals surface area (Å²) in [5, 5.41) is 0.520. The molecule has 0 aromatic carbocycles. The van der Waals surface area contributed by atoms with E-state index in [2.05, 4.69) is 41.8 Å². The second kappa shape index (κ2) is 6.56. The molecule has 0 spiro atoms. The first-order valence-electron chi connectivity index (χ1n) is 6.55. The van der Waals surface area contributed by atoms with Crippen LogP contribution in [-0.2, 0) is 13.0 Å². The molecule has 0 N–H and O–H groups in total. The third kappa shape index (κ3) is 3.31. The number of imidazole rings is 1. The Labute approximate surface area is 141 Å². The van der Waals surface area contributed by atoms with Crippen LogP contribution in [0.5, 0.6) is 0 Å². The molecule has 2 aromatic rings. The predicted octanol–water partition coefficient (Wildman–Crippen LogP) is 4.82. The molecule has 0 aliphatic carbocycles. The van der Waals surface area contributed by atoms with Gasteiger partial charge >= 0.3 is 141 Å². The van der Waals surface area contributed by atoms with Gasteiger partial charge < -0.3 is 0 Å². The van der Waals surface area contributed by atoms with Crippen molar-refractivity contribution >= 4 is 34.8 Å². The minimum absolute atomic E-state index is 0.259. The number of hydrogen-bond acceptors (Lipinski definition) is 1. The molecular weight excluding hydrogens is 423 g/mol. The molecule has 0 atom stereocenters. The molecule has 0 bridgehead atoms. The van der Waals surface area contributed by atoms with E-state index in [-0.39, 0.29) is 12.1 Å². The maximum absolute atomic E-state index is 6.86. The third-order valence-corrected chi connectivity index (χ3v) is 9.29. The van der Waals surface area contributed by atoms with Crippen molar-refractivity contribution in [2.45, 2.75) is 39.8 Å². The Morgan fingerprint density at radius 3 is 2.00 bits per heavy atom. The van der Waals surface area contributed by atoms with Gasteiger partial charge in [-0.3, -0.25) is 0 Å². The standard InChI is InChI=1S/C9H16N2.C5H3ClN.2ClH.Pd/c1-8(2)10-5-6-11(7-10)9(3)4;6-5-2-1-3-7-4-5;;;/h5-6,8-9H,1-4H3;1-3H;2*1H;/q;;;;-1/p-2. The summed E-state index contributed by atoms with van der Waals surface area (Å²) < 4.78 is 5.74. The molecular formula is C14H19Cl3N3Pd-3. The second-order valence-electron chi connectivity index (χ2n) is 5.15. The van der Waals surface area contributed by atoms with E-state index >= 15 is 0 Å². The Balaban J connectivity index is 2.96. The van der Waals surface area contributed by atoms with Gasteiger partial charge in [-0.05, 0) is 0 Å². The Morgan fingerprint density at radius 2 is 1.57 bits per heavy atom. The van der Waals surface area contributed by atoms with E-state index in [4.69, 9.17) is 30.7 Å². The maximum atomic E-state index is 6.86. The van der Waals surface area contributed by atoms with Crippen LogP contribution in [0.1, 0.15) is 39.8 Å². The third-order valence-electron chi connectivity index (χ3n) is 2.95. The molecule has 0 radical (unpaired) electrons. The quantitative estimate of drug-likeness (QED) is 0.626. The van der Waals surface area contributed by atoms with Gasteiger partial charge in [0.2, 0.25) is 0 Å². The Bertz CT molecular complexity index is 697. The summed E-state index contributed by atoms with van der Waals surface area (Å²) in [5.74, 6) is 0. The fraction of sp³-hybridized carbons (Fsp3) is 0.429. The summed E-state index contributed by atoms with van der Waals surface area (Å²) in [6.07, 6.45) is 5.72. The van der Waals surface area contributed by atoms with Crippen LogP contribution in [0.2, 0.25) is 5.02 Å². The Morgan fingerprint density at radius 1 is 1.05 bits per heavy atom. The molecule has 0 saturated carbocycles. The van der Waals surface area contributed by atoms with Gasteiger partial charge in [0.25, 0.3) is 0 Å². The zero-order valence-corrected chi connectivity index (χ0v) is 16.2. The molecule has 2 heterocycles. The number of rotatable bonds is 3. The van der Waals surface area contributed by atoms with Gasteiger partial charge in [0.1, 0.15) is 0 Å². The molecule has 0 fully saturated rings. The van der Waals surface area contributed by atoms with Crippen LogP contribution in [0.15, 0.2) is 30.7 Å². The van der Waals surface area contributed by atoms with E-state index in [0.717, 1.165) is 3.89 Å². The first-order valence-corrected chi connectivity index (χ1v) is 12.5. The van der Waals surface area contributed by atoms with Crippen molar-refractivity contribution in [1.29, 1.82) is 0 Å². The number of nitrogens with zero attached hydrogens (tertiary/aromatic N) is 3. The van der Waals surface area contributed by atoms with E-state index in [1.807, 2.05) is 12.4 Å². The molecule has 0 unspecified atom stereocenters. The zero-order valence-electron chi connectivity index (χ0n) is 12.3. The fourth-order valence-corrected chi connectivity index (χ4v) is 8.84. The molecule has 21 heavy (non-hydrogen) atoms. The molecule has 0 saturated heterocycles. The van der Waals surface area contributed by atoms with Crippen LogP contribution < -0.4 is 4.17 Å². The van der Waals surface area contributed by atoms with E-state index in [1.54, 1.807) is 18.3 Å². The van der Waals surface area contributed by atoms with Gasteiger partial charge in [-0.15, -0.1) is 0 Å². The van der Waals surface area contributed by atoms with Crippen LogP contribution in [-0.4, -0.2) is 14.1 Å². The van der Waals surface area contributed by atoms with Crippen molar-refractivity contribution in [2.75, 3.05) is 0 Å². The number of hydrogen-bond donors (Lipinski definition) is 0. The van der Waals surface area contributed by atoms with Gasteiger partial charge in [-0.1, -0.05) is 0 Å². The summed E-state index contributed by atoms with van der Waals surface area (Å²) in [5.41, 5.74) is 0. The van der Waals surface area contributed by atoms with Gasteiger partial charge in [0, 0.05) is 0 Å². The van der Waals surface area contributed by atoms with Crippen molar-refractivity contribution in [3.8, 4) is 0 Å². The van der Waals surface area contributed by atoms with Crippen molar-refractivity contribution < 1.29 is 13.0 Å².